The van der Waals surface area contributed by atoms with Crippen LogP contribution in [-0.4, -0.2) is 24.5 Å². The maximum Gasteiger partial charge on any atom is 0.265 e. The van der Waals surface area contributed by atoms with Gasteiger partial charge in [-0.3, -0.25) is 14.5 Å². The number of nitrogens with zero attached hydrogens (tertiary/aromatic N) is 1. The molecule has 4 rings (SSSR count). The van der Waals surface area contributed by atoms with Gasteiger partial charge in [-0.2, -0.15) is 0 Å². The number of hydrogen-bond donors (Lipinski definition) is 1. The van der Waals surface area contributed by atoms with Gasteiger partial charge in [-0.15, -0.1) is 0 Å². The Labute approximate surface area is 169 Å². The summed E-state index contributed by atoms with van der Waals surface area (Å²) in [5.74, 6) is 0.107. The predicted octanol–water partition coefficient (Wildman–Crippen LogP) is 4.17. The molecule has 2 aliphatic rings. The van der Waals surface area contributed by atoms with E-state index < -0.39 is 6.04 Å². The molecule has 1 aliphatic carbocycles. The van der Waals surface area contributed by atoms with E-state index in [1.54, 1.807) is 18.2 Å². The molecule has 0 bridgehead atoms. The fourth-order valence-corrected chi connectivity index (χ4v) is 4.22. The largest absolute Gasteiger partial charge is 0.483 e. The molecule has 1 N–H and O–H groups in total. The Kier molecular flexibility index (Phi) is 5.27. The third kappa shape index (κ3) is 3.59. The Hall–Kier alpha value is -2.53. The van der Waals surface area contributed by atoms with Crippen LogP contribution in [0.2, 0.25) is 5.02 Å². The first-order valence-electron chi connectivity index (χ1n) is 9.65. The molecule has 1 fully saturated rings. The number of ether oxygens (including phenoxy) is 1. The third-order valence-corrected chi connectivity index (χ3v) is 5.71. The molecule has 0 spiro atoms. The second-order valence-electron chi connectivity index (χ2n) is 7.41. The number of amides is 2. The number of hydrogen-bond acceptors (Lipinski definition) is 3. The number of para-hydroxylation sites is 1. The molecule has 146 valence electrons. The number of carbonyl (C=O) groups excluding carboxylic acids is 2. The van der Waals surface area contributed by atoms with Crippen LogP contribution in [0, 0.1) is 6.92 Å². The van der Waals surface area contributed by atoms with Crippen molar-refractivity contribution in [1.29, 1.82) is 0 Å². The van der Waals surface area contributed by atoms with Crippen LogP contribution in [0.15, 0.2) is 42.5 Å². The lowest BCUT2D eigenvalue weighted by atomic mass is 10.0. The van der Waals surface area contributed by atoms with Crippen molar-refractivity contribution in [1.82, 2.24) is 5.32 Å². The first-order valence-corrected chi connectivity index (χ1v) is 10.0. The zero-order valence-electron chi connectivity index (χ0n) is 15.8. The monoisotopic (exact) mass is 398 g/mol. The number of fused-ring (bicyclic) bond motifs is 1. The zero-order valence-corrected chi connectivity index (χ0v) is 16.5. The average molecular weight is 399 g/mol. The number of rotatable bonds is 3. The van der Waals surface area contributed by atoms with Crippen molar-refractivity contribution in [2.45, 2.75) is 44.7 Å². The van der Waals surface area contributed by atoms with Gasteiger partial charge in [-0.1, -0.05) is 48.7 Å². The lowest BCUT2D eigenvalue weighted by Crippen LogP contribution is -2.46. The van der Waals surface area contributed by atoms with Gasteiger partial charge in [0.2, 0.25) is 5.91 Å². The van der Waals surface area contributed by atoms with Crippen LogP contribution in [0.25, 0.3) is 0 Å². The van der Waals surface area contributed by atoms with Gasteiger partial charge in [0, 0.05) is 22.3 Å². The summed E-state index contributed by atoms with van der Waals surface area (Å²) in [6.07, 6.45) is 4.18. The molecule has 0 saturated heterocycles. The van der Waals surface area contributed by atoms with Crippen LogP contribution >= 0.6 is 11.6 Å². The maximum absolute atomic E-state index is 13.4. The quantitative estimate of drug-likeness (QED) is 0.843. The third-order valence-electron chi connectivity index (χ3n) is 5.47. The van der Waals surface area contributed by atoms with Crippen molar-refractivity contribution >= 4 is 29.1 Å². The first-order chi connectivity index (χ1) is 13.5. The molecule has 1 aliphatic heterocycles. The predicted molar refractivity (Wildman–Crippen MR) is 109 cm³/mol. The number of nitrogens with one attached hydrogen (secondary N) is 1. The molecule has 1 heterocycles. The van der Waals surface area contributed by atoms with Crippen molar-refractivity contribution in [2.75, 3.05) is 11.5 Å². The number of benzene rings is 2. The van der Waals surface area contributed by atoms with Crippen LogP contribution in [0.3, 0.4) is 0 Å². The number of carbonyl (C=O) groups is 2. The molecule has 0 aromatic heterocycles. The molecule has 1 atom stereocenters. The summed E-state index contributed by atoms with van der Waals surface area (Å²) in [5, 5.41) is 3.67. The average Bonchev–Trinajstić information content (AvgIpc) is 3.14. The Morgan fingerprint density at radius 3 is 2.71 bits per heavy atom. The normalized spacial score (nSPS) is 19.7. The van der Waals surface area contributed by atoms with E-state index in [4.69, 9.17) is 16.3 Å². The second-order valence-corrected chi connectivity index (χ2v) is 7.85. The van der Waals surface area contributed by atoms with Gasteiger partial charge in [0.05, 0.1) is 0 Å². The smallest absolute Gasteiger partial charge is 0.265 e. The molecule has 2 aromatic rings. The molecule has 2 aromatic carbocycles. The van der Waals surface area contributed by atoms with Crippen LogP contribution in [0.4, 0.5) is 5.69 Å². The highest BCUT2D eigenvalue weighted by atomic mass is 35.5. The van der Waals surface area contributed by atoms with Crippen LogP contribution in [0.5, 0.6) is 5.75 Å². The maximum atomic E-state index is 13.4. The topological polar surface area (TPSA) is 58.6 Å². The first kappa shape index (κ1) is 18.8. The van der Waals surface area contributed by atoms with E-state index in [1.165, 1.54) is 4.90 Å². The molecular weight excluding hydrogens is 376 g/mol. The summed E-state index contributed by atoms with van der Waals surface area (Å²) in [4.78, 5) is 28.0. The van der Waals surface area contributed by atoms with Crippen LogP contribution < -0.4 is 15.0 Å². The Morgan fingerprint density at radius 2 is 1.93 bits per heavy atom. The Morgan fingerprint density at radius 1 is 1.18 bits per heavy atom. The SMILES string of the molecule is Cc1ccc(Cl)cc1N1C(=O)COc2ccccc2C1C(=O)NC1CCCC1. The minimum Gasteiger partial charge on any atom is -0.483 e. The van der Waals surface area contributed by atoms with Gasteiger partial charge in [-0.25, -0.2) is 0 Å². The van der Waals surface area contributed by atoms with Crippen molar-refractivity contribution in [3.05, 3.63) is 58.6 Å². The second kappa shape index (κ2) is 7.84. The van der Waals surface area contributed by atoms with Crippen LogP contribution in [-0.2, 0) is 9.59 Å². The number of anilines is 1. The van der Waals surface area contributed by atoms with Gasteiger partial charge in [0.1, 0.15) is 11.8 Å². The van der Waals surface area contributed by atoms with Crippen molar-refractivity contribution < 1.29 is 14.3 Å². The number of halogens is 1. The molecule has 28 heavy (non-hydrogen) atoms. The standard InChI is InChI=1S/C22H23ClN2O3/c1-14-10-11-15(23)12-18(14)25-20(26)13-28-19-9-5-4-8-17(19)21(25)22(27)24-16-6-2-3-7-16/h4-5,8-12,16,21H,2-3,6-7,13H2,1H3,(H,24,27). The van der Waals surface area contributed by atoms with E-state index in [0.29, 0.717) is 22.0 Å². The highest BCUT2D eigenvalue weighted by Gasteiger charge is 2.38. The van der Waals surface area contributed by atoms with E-state index in [-0.39, 0.29) is 24.5 Å². The van der Waals surface area contributed by atoms with Gasteiger partial charge in [0.15, 0.2) is 6.61 Å². The fourth-order valence-electron chi connectivity index (χ4n) is 4.05. The van der Waals surface area contributed by atoms with Gasteiger partial charge in [-0.05, 0) is 43.5 Å². The summed E-state index contributed by atoms with van der Waals surface area (Å²) < 4.78 is 5.73. The summed E-state index contributed by atoms with van der Waals surface area (Å²) in [5.41, 5.74) is 2.18. The van der Waals surface area contributed by atoms with E-state index in [2.05, 4.69) is 5.32 Å². The summed E-state index contributed by atoms with van der Waals surface area (Å²) in [7, 11) is 0. The minimum absolute atomic E-state index is 0.129. The highest BCUT2D eigenvalue weighted by Crippen LogP contribution is 2.38. The Balaban J connectivity index is 1.81. The van der Waals surface area contributed by atoms with Crippen molar-refractivity contribution in [3.63, 3.8) is 0 Å². The summed E-state index contributed by atoms with van der Waals surface area (Å²) in [6, 6.07) is 12.1. The fraction of sp³-hybridized carbons (Fsp3) is 0.364. The molecule has 2 amide bonds. The van der Waals surface area contributed by atoms with Gasteiger partial charge in [0.25, 0.3) is 5.91 Å². The van der Waals surface area contributed by atoms with E-state index >= 15 is 0 Å². The van der Waals surface area contributed by atoms with Crippen LogP contribution in [0.1, 0.15) is 42.9 Å². The van der Waals surface area contributed by atoms with E-state index in [1.807, 2.05) is 31.2 Å². The van der Waals surface area contributed by atoms with E-state index in [9.17, 15) is 9.59 Å². The lowest BCUT2D eigenvalue weighted by Gasteiger charge is -2.31. The Bertz CT molecular complexity index is 908. The molecular formula is C22H23ClN2O3. The molecule has 1 unspecified atom stereocenters. The lowest BCUT2D eigenvalue weighted by molar-refractivity contribution is -0.127. The molecule has 6 heteroatoms. The zero-order chi connectivity index (χ0) is 19.7. The molecule has 0 radical (unpaired) electrons. The summed E-state index contributed by atoms with van der Waals surface area (Å²) in [6.45, 7) is 1.78. The minimum atomic E-state index is -0.802. The number of aryl methyl sites for hydroxylation is 1. The highest BCUT2D eigenvalue weighted by molar-refractivity contribution is 6.31. The van der Waals surface area contributed by atoms with Gasteiger partial charge >= 0.3 is 0 Å². The summed E-state index contributed by atoms with van der Waals surface area (Å²) >= 11 is 6.22. The van der Waals surface area contributed by atoms with Crippen molar-refractivity contribution in [3.8, 4) is 5.75 Å². The molecule has 5 nitrogen and oxygen atoms in total. The van der Waals surface area contributed by atoms with E-state index in [0.717, 1.165) is 31.2 Å². The molecule has 1 saturated carbocycles. The van der Waals surface area contributed by atoms with Crippen molar-refractivity contribution in [2.24, 2.45) is 0 Å². The van der Waals surface area contributed by atoms with Gasteiger partial charge < -0.3 is 10.1 Å².